The molecule has 3 rings (SSSR count). The van der Waals surface area contributed by atoms with Gasteiger partial charge in [-0.25, -0.2) is 0 Å². The van der Waals surface area contributed by atoms with Gasteiger partial charge in [-0.1, -0.05) is 18.9 Å². The molecule has 17 heavy (non-hydrogen) atoms. The van der Waals surface area contributed by atoms with Crippen LogP contribution < -0.4 is 5.32 Å². The Kier molecular flexibility index (Phi) is 2.71. The molecular weight excluding hydrogens is 232 g/mol. The van der Waals surface area contributed by atoms with Crippen LogP contribution >= 0.6 is 11.3 Å². The molecule has 0 aromatic carbocycles. The van der Waals surface area contributed by atoms with Gasteiger partial charge in [0.2, 0.25) is 5.91 Å². The van der Waals surface area contributed by atoms with E-state index in [1.807, 2.05) is 4.90 Å². The zero-order valence-corrected chi connectivity index (χ0v) is 10.9. The van der Waals surface area contributed by atoms with E-state index in [1.54, 1.807) is 11.3 Å². The van der Waals surface area contributed by atoms with Crippen molar-refractivity contribution in [1.29, 1.82) is 0 Å². The molecule has 1 aromatic heterocycles. The number of amides is 1. The van der Waals surface area contributed by atoms with Crippen LogP contribution in [0.15, 0.2) is 17.5 Å². The second kappa shape index (κ2) is 4.10. The van der Waals surface area contributed by atoms with Crippen molar-refractivity contribution in [2.24, 2.45) is 0 Å². The van der Waals surface area contributed by atoms with Crippen molar-refractivity contribution in [1.82, 2.24) is 10.2 Å². The molecule has 4 heteroatoms. The number of thiophene rings is 1. The Bertz CT molecular complexity index is 409. The molecule has 0 bridgehead atoms. The highest BCUT2D eigenvalue weighted by atomic mass is 32.1. The highest BCUT2D eigenvalue weighted by Gasteiger charge is 2.52. The van der Waals surface area contributed by atoms with E-state index in [0.717, 1.165) is 19.4 Å². The molecule has 0 radical (unpaired) electrons. The average molecular weight is 250 g/mol. The third kappa shape index (κ3) is 1.62. The van der Waals surface area contributed by atoms with Crippen LogP contribution in [0.5, 0.6) is 0 Å². The van der Waals surface area contributed by atoms with Crippen LogP contribution in [0.4, 0.5) is 0 Å². The fraction of sp³-hybridized carbons (Fsp3) is 0.615. The van der Waals surface area contributed by atoms with Crippen molar-refractivity contribution in [3.63, 3.8) is 0 Å². The Morgan fingerprint density at radius 2 is 2.29 bits per heavy atom. The van der Waals surface area contributed by atoms with Crippen molar-refractivity contribution < 1.29 is 4.79 Å². The standard InChI is InChI=1S/C13H18N2OS/c1-2-15-11(10-6-5-9-17-10)14-13(12(15)16)7-3-4-8-13/h5-6,9,11,14H,2-4,7-8H2,1H3. The number of carbonyl (C=O) groups is 1. The number of hydrogen-bond donors (Lipinski definition) is 1. The average Bonchev–Trinajstić information content (AvgIpc) is 3.04. The summed E-state index contributed by atoms with van der Waals surface area (Å²) >= 11 is 1.73. The fourth-order valence-corrected chi connectivity index (χ4v) is 3.91. The lowest BCUT2D eigenvalue weighted by molar-refractivity contribution is -0.133. The third-order valence-corrected chi connectivity index (χ3v) is 4.93. The molecule has 1 unspecified atom stereocenters. The molecule has 3 nitrogen and oxygen atoms in total. The quantitative estimate of drug-likeness (QED) is 0.874. The molecule has 2 fully saturated rings. The van der Waals surface area contributed by atoms with Crippen molar-refractivity contribution in [2.45, 2.75) is 44.3 Å². The SMILES string of the molecule is CCN1C(=O)C2(CCCC2)NC1c1cccs1. The van der Waals surface area contributed by atoms with Crippen LogP contribution in [0.2, 0.25) is 0 Å². The lowest BCUT2D eigenvalue weighted by Crippen LogP contribution is -2.43. The van der Waals surface area contributed by atoms with Crippen LogP contribution in [0, 0.1) is 0 Å². The predicted molar refractivity (Wildman–Crippen MR) is 68.8 cm³/mol. The van der Waals surface area contributed by atoms with E-state index in [-0.39, 0.29) is 11.7 Å². The van der Waals surface area contributed by atoms with Gasteiger partial charge >= 0.3 is 0 Å². The van der Waals surface area contributed by atoms with Crippen molar-refractivity contribution in [2.75, 3.05) is 6.54 Å². The Balaban J connectivity index is 1.93. The number of nitrogens with one attached hydrogen (secondary N) is 1. The molecule has 1 aliphatic carbocycles. The Hall–Kier alpha value is -0.870. The zero-order valence-electron chi connectivity index (χ0n) is 10.1. The van der Waals surface area contributed by atoms with E-state index < -0.39 is 0 Å². The van der Waals surface area contributed by atoms with Crippen molar-refractivity contribution in [3.05, 3.63) is 22.4 Å². The molecule has 2 heterocycles. The van der Waals surface area contributed by atoms with Gasteiger partial charge in [0.15, 0.2) is 0 Å². The van der Waals surface area contributed by atoms with Gasteiger partial charge in [-0.15, -0.1) is 11.3 Å². The number of carbonyl (C=O) groups excluding carboxylic acids is 1. The van der Waals surface area contributed by atoms with Gasteiger partial charge in [-0.05, 0) is 31.2 Å². The number of rotatable bonds is 2. The summed E-state index contributed by atoms with van der Waals surface area (Å²) in [4.78, 5) is 15.8. The maximum absolute atomic E-state index is 12.5. The summed E-state index contributed by atoms with van der Waals surface area (Å²) in [7, 11) is 0. The number of likely N-dealkylation sites (N-methyl/N-ethyl adjacent to an activating group) is 1. The summed E-state index contributed by atoms with van der Waals surface area (Å²) in [6.45, 7) is 2.85. The van der Waals surface area contributed by atoms with Gasteiger partial charge in [-0.2, -0.15) is 0 Å². The lowest BCUT2D eigenvalue weighted by Gasteiger charge is -2.21. The van der Waals surface area contributed by atoms with E-state index >= 15 is 0 Å². The van der Waals surface area contributed by atoms with Gasteiger partial charge in [0, 0.05) is 11.4 Å². The van der Waals surface area contributed by atoms with E-state index in [2.05, 4.69) is 29.8 Å². The minimum atomic E-state index is -0.245. The molecule has 2 aliphatic rings. The molecule has 1 N–H and O–H groups in total. The zero-order chi connectivity index (χ0) is 11.9. The third-order valence-electron chi connectivity index (χ3n) is 4.01. The van der Waals surface area contributed by atoms with Gasteiger partial charge < -0.3 is 4.90 Å². The minimum Gasteiger partial charge on any atom is -0.321 e. The Morgan fingerprint density at radius 1 is 1.53 bits per heavy atom. The minimum absolute atomic E-state index is 0.102. The first-order chi connectivity index (χ1) is 8.27. The highest BCUT2D eigenvalue weighted by Crippen LogP contribution is 2.41. The summed E-state index contributed by atoms with van der Waals surface area (Å²) in [5.74, 6) is 0.316. The summed E-state index contributed by atoms with van der Waals surface area (Å²) < 4.78 is 0. The summed E-state index contributed by atoms with van der Waals surface area (Å²) in [5.41, 5.74) is -0.245. The topological polar surface area (TPSA) is 32.3 Å². The molecule has 1 spiro atoms. The maximum atomic E-state index is 12.5. The summed E-state index contributed by atoms with van der Waals surface area (Å²) in [5, 5.41) is 5.68. The summed E-state index contributed by atoms with van der Waals surface area (Å²) in [6, 6.07) is 4.17. The van der Waals surface area contributed by atoms with E-state index in [9.17, 15) is 4.79 Å². The van der Waals surface area contributed by atoms with Crippen molar-refractivity contribution >= 4 is 17.2 Å². The molecular formula is C13H18N2OS. The van der Waals surface area contributed by atoms with E-state index in [1.165, 1.54) is 17.7 Å². The van der Waals surface area contributed by atoms with E-state index in [0.29, 0.717) is 5.91 Å². The molecule has 1 aromatic rings. The monoisotopic (exact) mass is 250 g/mol. The van der Waals surface area contributed by atoms with Gasteiger partial charge in [0.25, 0.3) is 0 Å². The number of nitrogens with zero attached hydrogens (tertiary/aromatic N) is 1. The van der Waals surface area contributed by atoms with Gasteiger partial charge in [0.05, 0.1) is 5.54 Å². The second-order valence-corrected chi connectivity index (χ2v) is 5.92. The normalized spacial score (nSPS) is 27.2. The summed E-state index contributed by atoms with van der Waals surface area (Å²) in [6.07, 6.45) is 4.46. The van der Waals surface area contributed by atoms with Crippen LogP contribution in [0.1, 0.15) is 43.6 Å². The predicted octanol–water partition coefficient (Wildman–Crippen LogP) is 2.51. The Labute approximate surface area is 106 Å². The highest BCUT2D eigenvalue weighted by molar-refractivity contribution is 7.10. The first kappa shape index (κ1) is 11.2. The molecule has 1 saturated carbocycles. The smallest absolute Gasteiger partial charge is 0.244 e. The number of hydrogen-bond acceptors (Lipinski definition) is 3. The van der Waals surface area contributed by atoms with Crippen LogP contribution in [0.3, 0.4) is 0 Å². The fourth-order valence-electron chi connectivity index (χ4n) is 3.13. The molecule has 92 valence electrons. The van der Waals surface area contributed by atoms with Gasteiger partial charge in [0.1, 0.15) is 6.17 Å². The largest absolute Gasteiger partial charge is 0.321 e. The van der Waals surface area contributed by atoms with Crippen LogP contribution in [-0.4, -0.2) is 22.9 Å². The van der Waals surface area contributed by atoms with Gasteiger partial charge in [-0.3, -0.25) is 10.1 Å². The Morgan fingerprint density at radius 3 is 2.88 bits per heavy atom. The van der Waals surface area contributed by atoms with Crippen molar-refractivity contribution in [3.8, 4) is 0 Å². The van der Waals surface area contributed by atoms with Crippen LogP contribution in [0.25, 0.3) is 0 Å². The maximum Gasteiger partial charge on any atom is 0.244 e. The molecule has 1 saturated heterocycles. The molecule has 1 atom stereocenters. The first-order valence-electron chi connectivity index (χ1n) is 6.39. The lowest BCUT2D eigenvalue weighted by atomic mass is 9.98. The van der Waals surface area contributed by atoms with Crippen LogP contribution in [-0.2, 0) is 4.79 Å². The first-order valence-corrected chi connectivity index (χ1v) is 7.27. The second-order valence-electron chi connectivity index (χ2n) is 4.94. The molecule has 1 amide bonds. The molecule has 1 aliphatic heterocycles. The van der Waals surface area contributed by atoms with E-state index in [4.69, 9.17) is 0 Å².